The molecule has 2 aliphatic rings. The Balaban J connectivity index is 1.99. The first-order chi connectivity index (χ1) is 13.5. The van der Waals surface area contributed by atoms with Crippen molar-refractivity contribution < 1.29 is 24.4 Å². The molecule has 0 aromatic heterocycles. The van der Waals surface area contributed by atoms with E-state index in [2.05, 4.69) is 12.2 Å². The number of nitrogens with zero attached hydrogens (tertiary/aromatic N) is 2. The molecule has 0 radical (unpaired) electrons. The highest BCUT2D eigenvalue weighted by Crippen LogP contribution is 2.26. The average Bonchev–Trinajstić information content (AvgIpc) is 3.38. The summed E-state index contributed by atoms with van der Waals surface area (Å²) >= 11 is 0. The number of hydrogen-bond acceptors (Lipinski definition) is 5. The second-order valence-corrected chi connectivity index (χ2v) is 7.94. The summed E-state index contributed by atoms with van der Waals surface area (Å²) in [5.74, 6) is -1.54. The van der Waals surface area contributed by atoms with Crippen LogP contribution >= 0.6 is 0 Å². The highest BCUT2D eigenvalue weighted by molar-refractivity contribution is 6.00. The third-order valence-corrected chi connectivity index (χ3v) is 5.85. The van der Waals surface area contributed by atoms with Gasteiger partial charge in [-0.15, -0.1) is 0 Å². The highest BCUT2D eigenvalue weighted by Gasteiger charge is 2.38. The summed E-state index contributed by atoms with van der Waals surface area (Å²) in [5.41, 5.74) is 0. The number of hydroxylamine groups is 2. The molecule has 8 nitrogen and oxygen atoms in total. The van der Waals surface area contributed by atoms with Crippen LogP contribution in [0.1, 0.15) is 71.1 Å². The fourth-order valence-electron chi connectivity index (χ4n) is 4.23. The second-order valence-electron chi connectivity index (χ2n) is 7.94. The normalized spacial score (nSPS) is 20.8. The smallest absolute Gasteiger partial charge is 0.249 e. The number of nitrogens with one attached hydrogen (secondary N) is 1. The molecule has 1 saturated carbocycles. The van der Waals surface area contributed by atoms with Crippen molar-refractivity contribution in [3.05, 3.63) is 0 Å². The standard InChI is InChI=1S/C20H33N3O5/c1-2-3-4-10-16(13-22(28)14-24)20(27)23-12-7-11-17(23)19(26)21-18(25)15-8-5-6-9-15/h14-17,28H,2-13H2,1H3,(H,21,25,26)/t16-,17+/m1/s1. The molecule has 2 fully saturated rings. The molecule has 0 aromatic rings. The van der Waals surface area contributed by atoms with E-state index in [0.717, 1.165) is 44.9 Å². The van der Waals surface area contributed by atoms with E-state index in [1.165, 1.54) is 4.90 Å². The maximum absolute atomic E-state index is 13.1. The molecule has 1 aliphatic heterocycles. The number of imide groups is 1. The van der Waals surface area contributed by atoms with Crippen LogP contribution in [0.25, 0.3) is 0 Å². The topological polar surface area (TPSA) is 107 Å². The van der Waals surface area contributed by atoms with Crippen molar-refractivity contribution in [3.63, 3.8) is 0 Å². The Morgan fingerprint density at radius 2 is 1.86 bits per heavy atom. The number of hydrogen-bond donors (Lipinski definition) is 2. The first-order valence-corrected chi connectivity index (χ1v) is 10.5. The molecule has 28 heavy (non-hydrogen) atoms. The monoisotopic (exact) mass is 395 g/mol. The first kappa shape index (κ1) is 22.3. The molecular formula is C20H33N3O5. The van der Waals surface area contributed by atoms with Crippen molar-refractivity contribution in [1.29, 1.82) is 0 Å². The molecule has 158 valence electrons. The Bertz CT molecular complexity index is 562. The molecule has 2 atom stereocenters. The fraction of sp³-hybridized carbons (Fsp3) is 0.800. The Kier molecular flexibility index (Phi) is 8.89. The third kappa shape index (κ3) is 6.02. The van der Waals surface area contributed by atoms with E-state index < -0.39 is 17.9 Å². The van der Waals surface area contributed by atoms with Gasteiger partial charge in [0.15, 0.2) is 0 Å². The lowest BCUT2D eigenvalue weighted by Crippen LogP contribution is -2.51. The number of likely N-dealkylation sites (tertiary alicyclic amines) is 1. The molecule has 2 rings (SSSR count). The number of amides is 4. The van der Waals surface area contributed by atoms with E-state index >= 15 is 0 Å². The van der Waals surface area contributed by atoms with Crippen LogP contribution in [0.3, 0.4) is 0 Å². The number of rotatable bonds is 10. The van der Waals surface area contributed by atoms with Gasteiger partial charge < -0.3 is 4.90 Å². The Labute approximate surface area is 166 Å². The molecule has 0 bridgehead atoms. The van der Waals surface area contributed by atoms with Gasteiger partial charge in [0, 0.05) is 12.5 Å². The van der Waals surface area contributed by atoms with Crippen LogP contribution in [0.2, 0.25) is 0 Å². The summed E-state index contributed by atoms with van der Waals surface area (Å²) in [4.78, 5) is 50.3. The molecule has 2 N–H and O–H groups in total. The van der Waals surface area contributed by atoms with E-state index in [9.17, 15) is 24.4 Å². The van der Waals surface area contributed by atoms with Gasteiger partial charge >= 0.3 is 0 Å². The van der Waals surface area contributed by atoms with Gasteiger partial charge in [-0.25, -0.2) is 5.06 Å². The lowest BCUT2D eigenvalue weighted by atomic mass is 9.98. The van der Waals surface area contributed by atoms with Crippen molar-refractivity contribution >= 4 is 24.1 Å². The molecule has 4 amide bonds. The Morgan fingerprint density at radius 1 is 1.14 bits per heavy atom. The summed E-state index contributed by atoms with van der Waals surface area (Å²) in [6, 6.07) is -0.657. The van der Waals surface area contributed by atoms with Crippen LogP contribution in [-0.4, -0.2) is 58.4 Å². The molecule has 0 aromatic carbocycles. The molecular weight excluding hydrogens is 362 g/mol. The minimum atomic E-state index is -0.657. The predicted molar refractivity (Wildman–Crippen MR) is 102 cm³/mol. The predicted octanol–water partition coefficient (Wildman–Crippen LogP) is 1.85. The lowest BCUT2D eigenvalue weighted by Gasteiger charge is -2.29. The van der Waals surface area contributed by atoms with Gasteiger partial charge in [-0.05, 0) is 32.1 Å². The zero-order chi connectivity index (χ0) is 20.5. The molecule has 1 saturated heterocycles. The van der Waals surface area contributed by atoms with Gasteiger partial charge in [0.05, 0.1) is 12.5 Å². The summed E-state index contributed by atoms with van der Waals surface area (Å²) < 4.78 is 0. The molecule has 1 heterocycles. The first-order valence-electron chi connectivity index (χ1n) is 10.5. The highest BCUT2D eigenvalue weighted by atomic mass is 16.5. The molecule has 1 aliphatic carbocycles. The van der Waals surface area contributed by atoms with Crippen molar-refractivity contribution in [1.82, 2.24) is 15.3 Å². The van der Waals surface area contributed by atoms with E-state index in [1.807, 2.05) is 0 Å². The maximum Gasteiger partial charge on any atom is 0.249 e. The maximum atomic E-state index is 13.1. The Hall–Kier alpha value is -1.96. The van der Waals surface area contributed by atoms with Crippen LogP contribution < -0.4 is 5.32 Å². The molecule has 8 heteroatoms. The number of unbranched alkanes of at least 4 members (excludes halogenated alkanes) is 2. The van der Waals surface area contributed by atoms with Crippen LogP contribution in [0.5, 0.6) is 0 Å². The number of carbonyl (C=O) groups is 4. The van der Waals surface area contributed by atoms with Crippen LogP contribution in [0.15, 0.2) is 0 Å². The fourth-order valence-corrected chi connectivity index (χ4v) is 4.23. The van der Waals surface area contributed by atoms with Crippen LogP contribution in [-0.2, 0) is 19.2 Å². The van der Waals surface area contributed by atoms with Gasteiger partial charge in [-0.3, -0.25) is 29.7 Å². The molecule has 0 unspecified atom stereocenters. The second kappa shape index (κ2) is 11.1. The summed E-state index contributed by atoms with van der Waals surface area (Å²) in [6.07, 6.45) is 8.44. The Morgan fingerprint density at radius 3 is 2.50 bits per heavy atom. The van der Waals surface area contributed by atoms with Gasteiger partial charge in [-0.1, -0.05) is 39.0 Å². The van der Waals surface area contributed by atoms with Crippen LogP contribution in [0, 0.1) is 11.8 Å². The van der Waals surface area contributed by atoms with Gasteiger partial charge in [-0.2, -0.15) is 0 Å². The minimum absolute atomic E-state index is 0.0854. The largest absolute Gasteiger partial charge is 0.330 e. The summed E-state index contributed by atoms with van der Waals surface area (Å²) in [7, 11) is 0. The van der Waals surface area contributed by atoms with E-state index in [0.29, 0.717) is 30.9 Å². The third-order valence-electron chi connectivity index (χ3n) is 5.85. The van der Waals surface area contributed by atoms with Gasteiger partial charge in [0.2, 0.25) is 24.1 Å². The minimum Gasteiger partial charge on any atom is -0.330 e. The number of carbonyl (C=O) groups excluding carboxylic acids is 4. The zero-order valence-electron chi connectivity index (χ0n) is 16.8. The lowest BCUT2D eigenvalue weighted by molar-refractivity contribution is -0.158. The average molecular weight is 396 g/mol. The van der Waals surface area contributed by atoms with E-state index in [4.69, 9.17) is 0 Å². The zero-order valence-corrected chi connectivity index (χ0v) is 16.8. The van der Waals surface area contributed by atoms with Crippen molar-refractivity contribution in [2.24, 2.45) is 11.8 Å². The SMILES string of the molecule is CCCCC[C@H](CN(O)C=O)C(=O)N1CCC[C@H]1C(=O)NC(=O)C1CCCC1. The van der Waals surface area contributed by atoms with Gasteiger partial charge in [0.1, 0.15) is 6.04 Å². The summed E-state index contributed by atoms with van der Waals surface area (Å²) in [6.45, 7) is 2.42. The van der Waals surface area contributed by atoms with Crippen LogP contribution in [0.4, 0.5) is 0 Å². The quantitative estimate of drug-likeness (QED) is 0.193. The van der Waals surface area contributed by atoms with Crippen molar-refractivity contribution in [2.75, 3.05) is 13.1 Å². The molecule has 0 spiro atoms. The summed E-state index contributed by atoms with van der Waals surface area (Å²) in [5, 5.41) is 12.6. The van der Waals surface area contributed by atoms with E-state index in [-0.39, 0.29) is 30.7 Å². The van der Waals surface area contributed by atoms with E-state index in [1.54, 1.807) is 0 Å². The van der Waals surface area contributed by atoms with Crippen molar-refractivity contribution in [3.8, 4) is 0 Å². The van der Waals surface area contributed by atoms with Crippen molar-refractivity contribution in [2.45, 2.75) is 77.2 Å². The van der Waals surface area contributed by atoms with Gasteiger partial charge in [0.25, 0.3) is 0 Å².